The van der Waals surface area contributed by atoms with Crippen molar-refractivity contribution in [1.29, 1.82) is 0 Å². The minimum absolute atomic E-state index is 0.178. The van der Waals surface area contributed by atoms with E-state index >= 15 is 0 Å². The monoisotopic (exact) mass is 714 g/mol. The van der Waals surface area contributed by atoms with E-state index < -0.39 is 61.5 Å². The van der Waals surface area contributed by atoms with Crippen LogP contribution in [0.25, 0.3) is 0 Å². The Kier molecular flexibility index (Phi) is 26.8. The van der Waals surface area contributed by atoms with Crippen LogP contribution in [0.2, 0.25) is 0 Å². The molecule has 1 aliphatic rings. The summed E-state index contributed by atoms with van der Waals surface area (Å²) in [5, 5.41) is 45.5. The zero-order valence-corrected chi connectivity index (χ0v) is 31.3. The van der Waals surface area contributed by atoms with Crippen LogP contribution in [0.15, 0.2) is 0 Å². The predicted octanol–water partition coefficient (Wildman–Crippen LogP) is 5.34. The van der Waals surface area contributed by atoms with Crippen molar-refractivity contribution in [2.75, 3.05) is 19.7 Å². The van der Waals surface area contributed by atoms with E-state index in [0.717, 1.165) is 38.5 Å². The minimum Gasteiger partial charge on any atom is -0.481 e. The van der Waals surface area contributed by atoms with E-state index in [4.69, 9.17) is 9.84 Å². The van der Waals surface area contributed by atoms with Crippen LogP contribution in [0, 0.1) is 0 Å². The Bertz CT molecular complexity index is 922. The molecule has 1 saturated heterocycles. The second kappa shape index (κ2) is 29.3. The predicted molar refractivity (Wildman–Crippen MR) is 194 cm³/mol. The molecule has 5 atom stereocenters. The van der Waals surface area contributed by atoms with Gasteiger partial charge in [0.1, 0.15) is 24.4 Å². The first-order chi connectivity index (χ1) is 24.2. The molecule has 12 heteroatoms. The molecule has 1 rings (SSSR count). The van der Waals surface area contributed by atoms with Gasteiger partial charge in [-0.15, -0.1) is 0 Å². The second-order valence-corrected chi connectivity index (χ2v) is 14.0. The number of aliphatic hydroxyl groups is 3. The summed E-state index contributed by atoms with van der Waals surface area (Å²) in [6, 6.07) is -1.22. The van der Waals surface area contributed by atoms with Gasteiger partial charge in [-0.25, -0.2) is 0 Å². The highest BCUT2D eigenvalue weighted by Crippen LogP contribution is 2.26. The van der Waals surface area contributed by atoms with Crippen molar-refractivity contribution in [3.63, 3.8) is 0 Å². The van der Waals surface area contributed by atoms with E-state index in [2.05, 4.69) is 24.5 Å². The van der Waals surface area contributed by atoms with Crippen LogP contribution < -0.4 is 10.6 Å². The van der Waals surface area contributed by atoms with Crippen LogP contribution in [-0.2, 0) is 23.9 Å². The summed E-state index contributed by atoms with van der Waals surface area (Å²) in [6.45, 7) is 3.68. The molecule has 50 heavy (non-hydrogen) atoms. The molecule has 0 aromatic carbocycles. The molecule has 1 heterocycles. The number of carbonyl (C=O) groups excluding carboxylic acids is 3. The summed E-state index contributed by atoms with van der Waals surface area (Å²) < 4.78 is 6.03. The number of nitrogens with zero attached hydrogens (tertiary/aromatic N) is 1. The topological polar surface area (TPSA) is 186 Å². The molecule has 0 unspecified atom stereocenters. The number of carbonyl (C=O) groups is 4. The lowest BCUT2D eigenvalue weighted by Gasteiger charge is -2.47. The van der Waals surface area contributed by atoms with Gasteiger partial charge in [0.05, 0.1) is 19.6 Å². The molecule has 0 aromatic rings. The summed E-state index contributed by atoms with van der Waals surface area (Å²) in [6.07, 6.45) is 18.1. The number of aliphatic carboxylic acids is 1. The molecule has 3 amide bonds. The van der Waals surface area contributed by atoms with Crippen molar-refractivity contribution in [2.24, 2.45) is 0 Å². The molecular weight excluding hydrogens is 642 g/mol. The highest BCUT2D eigenvalue weighted by molar-refractivity contribution is 5.86. The number of hydrogen-bond donors (Lipinski definition) is 6. The van der Waals surface area contributed by atoms with Crippen LogP contribution >= 0.6 is 0 Å². The third-order valence-electron chi connectivity index (χ3n) is 9.61. The van der Waals surface area contributed by atoms with Crippen molar-refractivity contribution < 1.29 is 44.3 Å². The number of rotatable bonds is 31. The molecule has 1 fully saturated rings. The Balaban J connectivity index is 2.85. The second-order valence-electron chi connectivity index (χ2n) is 14.0. The average molecular weight is 714 g/mol. The van der Waals surface area contributed by atoms with E-state index in [9.17, 15) is 34.5 Å². The zero-order valence-electron chi connectivity index (χ0n) is 31.3. The van der Waals surface area contributed by atoms with Crippen LogP contribution in [0.3, 0.4) is 0 Å². The van der Waals surface area contributed by atoms with Gasteiger partial charge in [-0.05, 0) is 12.8 Å². The number of aliphatic hydroxyl groups excluding tert-OH is 3. The standard InChI is InChI=1S/C38H71N3O9/c1-3-5-7-9-11-13-14-15-17-19-21-23-27-41(33(45)24-22-20-18-16-12-10-8-6-4-2)38-35(37(49)36(48)30(29-42)50-38)40-32(44)28-39-31(43)25-26-34(46)47/h30,35-38,42,48-49H,3-29H2,1-2H3,(H,39,43)(H,40,44)(H,46,47)/t30-,35-,36+,37-,38-/m1/s1. The number of unbranched alkanes of at least 4 members (excludes halogenated alkanes) is 19. The molecule has 0 saturated carbocycles. The fourth-order valence-electron chi connectivity index (χ4n) is 6.49. The summed E-state index contributed by atoms with van der Waals surface area (Å²) in [7, 11) is 0. The fourth-order valence-corrected chi connectivity index (χ4v) is 6.49. The summed E-state index contributed by atoms with van der Waals surface area (Å²) in [5.74, 6) is -2.63. The quantitative estimate of drug-likeness (QED) is 0.0516. The van der Waals surface area contributed by atoms with Crippen molar-refractivity contribution in [2.45, 2.75) is 199 Å². The number of carboxylic acids is 1. The number of nitrogens with one attached hydrogen (secondary N) is 2. The van der Waals surface area contributed by atoms with Crippen molar-refractivity contribution in [1.82, 2.24) is 15.5 Å². The third-order valence-corrected chi connectivity index (χ3v) is 9.61. The van der Waals surface area contributed by atoms with E-state index in [0.29, 0.717) is 19.4 Å². The van der Waals surface area contributed by atoms with Gasteiger partial charge < -0.3 is 40.7 Å². The Morgan fingerprint density at radius 1 is 0.620 bits per heavy atom. The molecule has 6 N–H and O–H groups in total. The smallest absolute Gasteiger partial charge is 0.303 e. The first-order valence-corrected chi connectivity index (χ1v) is 19.9. The first kappa shape index (κ1) is 45.7. The van der Waals surface area contributed by atoms with Gasteiger partial charge in [-0.3, -0.25) is 19.2 Å². The normalized spacial score (nSPS) is 20.4. The van der Waals surface area contributed by atoms with E-state index in [-0.39, 0.29) is 25.2 Å². The molecule has 0 aliphatic carbocycles. The van der Waals surface area contributed by atoms with Crippen LogP contribution in [0.1, 0.15) is 168 Å². The molecule has 12 nitrogen and oxygen atoms in total. The lowest BCUT2D eigenvalue weighted by Crippen LogP contribution is -2.69. The van der Waals surface area contributed by atoms with Gasteiger partial charge in [0.15, 0.2) is 6.23 Å². The van der Waals surface area contributed by atoms with E-state index in [1.165, 1.54) is 88.4 Å². The molecule has 0 spiro atoms. The number of carboxylic acid groups (broad SMARTS) is 1. The van der Waals surface area contributed by atoms with Gasteiger partial charge in [-0.2, -0.15) is 0 Å². The van der Waals surface area contributed by atoms with E-state index in [1.807, 2.05) is 0 Å². The van der Waals surface area contributed by atoms with Gasteiger partial charge in [0, 0.05) is 19.4 Å². The number of hydrogen-bond acceptors (Lipinski definition) is 8. The maximum absolute atomic E-state index is 13.8. The minimum atomic E-state index is -1.55. The molecule has 0 bridgehead atoms. The summed E-state index contributed by atoms with van der Waals surface area (Å²) >= 11 is 0. The molecule has 0 radical (unpaired) electrons. The molecule has 1 aliphatic heterocycles. The lowest BCUT2D eigenvalue weighted by atomic mass is 9.94. The fraction of sp³-hybridized carbons (Fsp3) is 0.895. The summed E-state index contributed by atoms with van der Waals surface area (Å²) in [4.78, 5) is 50.9. The molecular formula is C38H71N3O9. The van der Waals surface area contributed by atoms with Crippen molar-refractivity contribution >= 4 is 23.7 Å². The van der Waals surface area contributed by atoms with Gasteiger partial charge in [0.2, 0.25) is 17.7 Å². The number of amides is 3. The van der Waals surface area contributed by atoms with Crippen molar-refractivity contribution in [3.05, 3.63) is 0 Å². The van der Waals surface area contributed by atoms with E-state index in [1.54, 1.807) is 0 Å². The highest BCUT2D eigenvalue weighted by Gasteiger charge is 2.48. The maximum Gasteiger partial charge on any atom is 0.303 e. The average Bonchev–Trinajstić information content (AvgIpc) is 3.10. The first-order valence-electron chi connectivity index (χ1n) is 19.9. The van der Waals surface area contributed by atoms with Crippen LogP contribution in [0.4, 0.5) is 0 Å². The Morgan fingerprint density at radius 2 is 1.10 bits per heavy atom. The number of ether oxygens (including phenoxy) is 1. The molecule has 292 valence electrons. The Labute approximate surface area is 301 Å². The van der Waals surface area contributed by atoms with Gasteiger partial charge in [-0.1, -0.05) is 136 Å². The van der Waals surface area contributed by atoms with Crippen LogP contribution in [-0.4, -0.2) is 99.3 Å². The van der Waals surface area contributed by atoms with Crippen molar-refractivity contribution in [3.8, 4) is 0 Å². The Hall–Kier alpha value is -2.28. The maximum atomic E-state index is 13.8. The lowest BCUT2D eigenvalue weighted by molar-refractivity contribution is -0.231. The molecule has 0 aromatic heterocycles. The summed E-state index contributed by atoms with van der Waals surface area (Å²) in [5.41, 5.74) is 0. The largest absolute Gasteiger partial charge is 0.481 e. The highest BCUT2D eigenvalue weighted by atomic mass is 16.5. The van der Waals surface area contributed by atoms with Gasteiger partial charge in [0.25, 0.3) is 0 Å². The SMILES string of the molecule is CCCCCCCCCCCCCCN(C(=O)CCCCCCCCCCC)[C@@H]1O[C@H](CO)[C@H](O)[C@H](O)[C@H]1NC(=O)CNC(=O)CCC(=O)O. The Morgan fingerprint density at radius 3 is 1.58 bits per heavy atom. The van der Waals surface area contributed by atoms with Gasteiger partial charge >= 0.3 is 5.97 Å². The third kappa shape index (κ3) is 20.5. The van der Waals surface area contributed by atoms with Crippen LogP contribution in [0.5, 0.6) is 0 Å². The zero-order chi connectivity index (χ0) is 37.0.